The summed E-state index contributed by atoms with van der Waals surface area (Å²) < 4.78 is 41.6. The van der Waals surface area contributed by atoms with Gasteiger partial charge in [-0.15, -0.1) is 0 Å². The lowest BCUT2D eigenvalue weighted by molar-refractivity contribution is -0.138. The second-order valence-corrected chi connectivity index (χ2v) is 5.70. The summed E-state index contributed by atoms with van der Waals surface area (Å²) in [7, 11) is 0. The zero-order valence-electron chi connectivity index (χ0n) is 13.4. The molecule has 25 heavy (non-hydrogen) atoms. The van der Waals surface area contributed by atoms with E-state index in [1.165, 1.54) is 41.9 Å². The molecule has 0 spiro atoms. The van der Waals surface area contributed by atoms with Crippen LogP contribution in [-0.2, 0) is 11.0 Å². The quantitative estimate of drug-likeness (QED) is 0.778. The number of alkyl halides is 3. The topological polar surface area (TPSA) is 67.5 Å². The molecule has 0 aliphatic carbocycles. The van der Waals surface area contributed by atoms with Crippen LogP contribution in [-0.4, -0.2) is 25.4 Å². The number of carboxylic acid groups (broad SMARTS) is 1. The first-order valence-electron chi connectivity index (χ1n) is 7.44. The summed E-state index contributed by atoms with van der Waals surface area (Å²) >= 11 is 0. The zero-order chi connectivity index (χ0) is 18.4. The maximum Gasteiger partial charge on any atom is 0.418 e. The molecule has 0 aliphatic heterocycles. The smallest absolute Gasteiger partial charge is 0.418 e. The first-order chi connectivity index (χ1) is 11.7. The van der Waals surface area contributed by atoms with Crippen molar-refractivity contribution in [3.63, 3.8) is 0 Å². The van der Waals surface area contributed by atoms with Gasteiger partial charge in [-0.1, -0.05) is 0 Å². The fourth-order valence-electron chi connectivity index (χ4n) is 2.69. The van der Waals surface area contributed by atoms with Crippen molar-refractivity contribution in [3.05, 3.63) is 53.6 Å². The number of halogens is 3. The van der Waals surface area contributed by atoms with Crippen LogP contribution >= 0.6 is 0 Å². The number of carboxylic acids is 1. The van der Waals surface area contributed by atoms with E-state index in [-0.39, 0.29) is 16.9 Å². The molecular weight excluding hydrogens is 335 g/mol. The van der Waals surface area contributed by atoms with Gasteiger partial charge in [0.05, 0.1) is 17.2 Å². The summed E-state index contributed by atoms with van der Waals surface area (Å²) in [6, 6.07) is 5.22. The van der Waals surface area contributed by atoms with Crippen molar-refractivity contribution in [1.29, 1.82) is 0 Å². The van der Waals surface area contributed by atoms with Gasteiger partial charge >= 0.3 is 12.1 Å². The zero-order valence-corrected chi connectivity index (χ0v) is 13.4. The van der Waals surface area contributed by atoms with Crippen LogP contribution in [0.5, 0.6) is 0 Å². The molecule has 8 heteroatoms. The molecular formula is C17H14F3N3O2. The third-order valence-electron chi connectivity index (χ3n) is 3.99. The Bertz CT molecular complexity index is 963. The van der Waals surface area contributed by atoms with Crippen molar-refractivity contribution in [3.8, 4) is 11.3 Å². The molecule has 0 saturated heterocycles. The van der Waals surface area contributed by atoms with Crippen LogP contribution in [0.4, 0.5) is 13.2 Å². The second kappa shape index (κ2) is 5.87. The number of hydrogen-bond acceptors (Lipinski definition) is 3. The second-order valence-electron chi connectivity index (χ2n) is 5.70. The van der Waals surface area contributed by atoms with Gasteiger partial charge in [0.25, 0.3) is 0 Å². The van der Waals surface area contributed by atoms with Crippen molar-refractivity contribution in [2.75, 3.05) is 0 Å². The fraction of sp³-hybridized carbons (Fsp3) is 0.235. The Labute approximate surface area is 140 Å². The molecule has 0 bridgehead atoms. The molecule has 3 aromatic heterocycles. The number of aryl methyl sites for hydroxylation is 1. The molecule has 0 aromatic carbocycles. The Balaban J connectivity index is 2.29. The predicted octanol–water partition coefficient (Wildman–Crippen LogP) is 3.91. The highest BCUT2D eigenvalue weighted by Gasteiger charge is 2.35. The van der Waals surface area contributed by atoms with Crippen molar-refractivity contribution in [2.24, 2.45) is 0 Å². The van der Waals surface area contributed by atoms with Gasteiger partial charge in [-0.25, -0.2) is 4.98 Å². The summed E-state index contributed by atoms with van der Waals surface area (Å²) in [4.78, 5) is 19.4. The van der Waals surface area contributed by atoms with E-state index in [2.05, 4.69) is 9.97 Å². The normalized spacial score (nSPS) is 13.2. The average Bonchev–Trinajstić information content (AvgIpc) is 3.01. The SMILES string of the molecule is Cc1ccc(C(F)(F)F)c(-c2ccc(C(C)C(=O)O)n3ccnc23)n1. The van der Waals surface area contributed by atoms with E-state index in [0.29, 0.717) is 11.4 Å². The van der Waals surface area contributed by atoms with E-state index < -0.39 is 23.6 Å². The summed E-state index contributed by atoms with van der Waals surface area (Å²) in [5, 5.41) is 9.21. The Morgan fingerprint density at radius 2 is 1.96 bits per heavy atom. The van der Waals surface area contributed by atoms with Crippen LogP contribution in [0.2, 0.25) is 0 Å². The molecule has 0 amide bonds. The summed E-state index contributed by atoms with van der Waals surface area (Å²) in [5.74, 6) is -1.87. The number of pyridine rings is 2. The Morgan fingerprint density at radius 3 is 2.60 bits per heavy atom. The lowest BCUT2D eigenvalue weighted by Crippen LogP contribution is -2.13. The number of aromatic nitrogens is 3. The highest BCUT2D eigenvalue weighted by atomic mass is 19.4. The lowest BCUT2D eigenvalue weighted by Gasteiger charge is -2.16. The van der Waals surface area contributed by atoms with Gasteiger partial charge in [-0.2, -0.15) is 13.2 Å². The molecule has 130 valence electrons. The highest BCUT2D eigenvalue weighted by molar-refractivity contribution is 5.80. The van der Waals surface area contributed by atoms with Crippen LogP contribution in [0.25, 0.3) is 16.9 Å². The first-order valence-corrected chi connectivity index (χ1v) is 7.44. The number of imidazole rings is 1. The Hall–Kier alpha value is -2.90. The highest BCUT2D eigenvalue weighted by Crippen LogP contribution is 2.37. The number of hydrogen-bond donors (Lipinski definition) is 1. The maximum absolute atomic E-state index is 13.4. The van der Waals surface area contributed by atoms with E-state index >= 15 is 0 Å². The van der Waals surface area contributed by atoms with Gasteiger partial charge in [0, 0.05) is 29.3 Å². The minimum absolute atomic E-state index is 0.197. The molecule has 0 radical (unpaired) electrons. The largest absolute Gasteiger partial charge is 0.481 e. The first kappa shape index (κ1) is 16.9. The minimum atomic E-state index is -4.56. The van der Waals surface area contributed by atoms with Gasteiger partial charge < -0.3 is 9.51 Å². The van der Waals surface area contributed by atoms with Crippen LogP contribution in [0, 0.1) is 6.92 Å². The van der Waals surface area contributed by atoms with Gasteiger partial charge in [-0.3, -0.25) is 9.78 Å². The Morgan fingerprint density at radius 1 is 1.24 bits per heavy atom. The number of carbonyl (C=O) groups is 1. The number of nitrogens with zero attached hydrogens (tertiary/aromatic N) is 3. The van der Waals surface area contributed by atoms with Crippen LogP contribution in [0.3, 0.4) is 0 Å². The molecule has 0 aliphatic rings. The fourth-order valence-corrected chi connectivity index (χ4v) is 2.69. The van der Waals surface area contributed by atoms with Crippen LogP contribution < -0.4 is 0 Å². The van der Waals surface area contributed by atoms with E-state index in [4.69, 9.17) is 0 Å². The third-order valence-corrected chi connectivity index (χ3v) is 3.99. The summed E-state index contributed by atoms with van der Waals surface area (Å²) in [6.07, 6.45) is -1.62. The van der Waals surface area contributed by atoms with Gasteiger partial charge in [0.1, 0.15) is 5.65 Å². The van der Waals surface area contributed by atoms with E-state index in [1.54, 1.807) is 6.92 Å². The number of fused-ring (bicyclic) bond motifs is 1. The molecule has 3 rings (SSSR count). The lowest BCUT2D eigenvalue weighted by atomic mass is 10.0. The molecule has 0 saturated carbocycles. The van der Waals surface area contributed by atoms with Crippen LogP contribution in [0.15, 0.2) is 36.7 Å². The summed E-state index contributed by atoms with van der Waals surface area (Å²) in [6.45, 7) is 3.11. The van der Waals surface area contributed by atoms with Gasteiger partial charge in [0.2, 0.25) is 0 Å². The molecule has 3 heterocycles. The number of rotatable bonds is 3. The standard InChI is InChI=1S/C17H14F3N3O2/c1-9-3-5-12(17(18,19)20)14(22-9)11-4-6-13(10(2)16(24)25)23-8-7-21-15(11)23/h3-8,10H,1-2H3,(H,24,25). The monoisotopic (exact) mass is 349 g/mol. The summed E-state index contributed by atoms with van der Waals surface area (Å²) in [5.41, 5.74) is 0.206. The van der Waals surface area contributed by atoms with Crippen molar-refractivity contribution < 1.29 is 23.1 Å². The molecule has 0 fully saturated rings. The van der Waals surface area contributed by atoms with Gasteiger partial charge in [-0.05, 0) is 38.1 Å². The Kier molecular flexibility index (Phi) is 3.98. The predicted molar refractivity (Wildman–Crippen MR) is 84.2 cm³/mol. The molecule has 1 N–H and O–H groups in total. The average molecular weight is 349 g/mol. The van der Waals surface area contributed by atoms with E-state index in [0.717, 1.165) is 6.07 Å². The van der Waals surface area contributed by atoms with Crippen molar-refractivity contribution >= 4 is 11.6 Å². The van der Waals surface area contributed by atoms with E-state index in [1.807, 2.05) is 0 Å². The maximum atomic E-state index is 13.4. The molecule has 1 unspecified atom stereocenters. The van der Waals surface area contributed by atoms with Crippen LogP contribution in [0.1, 0.15) is 29.8 Å². The van der Waals surface area contributed by atoms with Crippen molar-refractivity contribution in [1.82, 2.24) is 14.4 Å². The number of aliphatic carboxylic acids is 1. The van der Waals surface area contributed by atoms with Crippen molar-refractivity contribution in [2.45, 2.75) is 25.9 Å². The third kappa shape index (κ3) is 2.95. The minimum Gasteiger partial charge on any atom is -0.481 e. The van der Waals surface area contributed by atoms with Gasteiger partial charge in [0.15, 0.2) is 0 Å². The van der Waals surface area contributed by atoms with E-state index in [9.17, 15) is 23.1 Å². The molecule has 3 aromatic rings. The molecule has 1 atom stereocenters. The molecule has 5 nitrogen and oxygen atoms in total.